The first-order valence-corrected chi connectivity index (χ1v) is 8.47. The van der Waals surface area contributed by atoms with Crippen molar-refractivity contribution < 1.29 is 4.79 Å². The minimum Gasteiger partial charge on any atom is -0.373 e. The average molecular weight is 328 g/mol. The summed E-state index contributed by atoms with van der Waals surface area (Å²) in [7, 11) is 1.85. The number of anilines is 1. The second-order valence-electron chi connectivity index (χ2n) is 6.09. The Morgan fingerprint density at radius 2 is 2.29 bits per heavy atom. The number of hydrogen-bond donors (Lipinski definition) is 1. The Morgan fingerprint density at radius 1 is 1.42 bits per heavy atom. The second kappa shape index (κ2) is 7.42. The number of aryl methyl sites for hydroxylation is 2. The second-order valence-corrected chi connectivity index (χ2v) is 6.09. The first kappa shape index (κ1) is 16.4. The molecule has 3 rings (SSSR count). The van der Waals surface area contributed by atoms with Gasteiger partial charge in [-0.3, -0.25) is 9.48 Å². The fourth-order valence-electron chi connectivity index (χ4n) is 3.23. The molecule has 1 aliphatic heterocycles. The van der Waals surface area contributed by atoms with Crippen molar-refractivity contribution in [2.24, 2.45) is 0 Å². The summed E-state index contributed by atoms with van der Waals surface area (Å²) in [6, 6.07) is 3.92. The fourth-order valence-corrected chi connectivity index (χ4v) is 3.23. The number of amides is 1. The van der Waals surface area contributed by atoms with E-state index in [2.05, 4.69) is 20.4 Å². The summed E-state index contributed by atoms with van der Waals surface area (Å²) in [5, 5.41) is 7.23. The van der Waals surface area contributed by atoms with E-state index in [1.165, 1.54) is 0 Å². The number of nitrogens with one attached hydrogen (secondary N) is 1. The van der Waals surface area contributed by atoms with Gasteiger partial charge in [0.2, 0.25) is 5.91 Å². The maximum Gasteiger partial charge on any atom is 0.223 e. The number of likely N-dealkylation sites (tertiary alicyclic amines) is 1. The van der Waals surface area contributed by atoms with E-state index < -0.39 is 0 Å². The van der Waals surface area contributed by atoms with Crippen molar-refractivity contribution >= 4 is 11.7 Å². The maximum absolute atomic E-state index is 12.6. The molecule has 128 valence electrons. The SMILES string of the molecule is CNc1cc([C@@H]2CCCN2C(=O)CCCn2cccn2)nc(C)n1. The molecule has 24 heavy (non-hydrogen) atoms. The highest BCUT2D eigenvalue weighted by Gasteiger charge is 2.31. The first-order valence-electron chi connectivity index (χ1n) is 8.47. The maximum atomic E-state index is 12.6. The Bertz CT molecular complexity index is 684. The molecule has 2 aromatic heterocycles. The van der Waals surface area contributed by atoms with Crippen LogP contribution in [0.3, 0.4) is 0 Å². The highest BCUT2D eigenvalue weighted by molar-refractivity contribution is 5.77. The molecule has 2 aromatic rings. The number of carbonyl (C=O) groups excluding carboxylic acids is 1. The van der Waals surface area contributed by atoms with E-state index in [4.69, 9.17) is 0 Å². The van der Waals surface area contributed by atoms with Crippen LogP contribution in [0.5, 0.6) is 0 Å². The fraction of sp³-hybridized carbons (Fsp3) is 0.529. The van der Waals surface area contributed by atoms with Crippen LogP contribution >= 0.6 is 0 Å². The summed E-state index contributed by atoms with van der Waals surface area (Å²) >= 11 is 0. The highest BCUT2D eigenvalue weighted by atomic mass is 16.2. The number of nitrogens with zero attached hydrogens (tertiary/aromatic N) is 5. The van der Waals surface area contributed by atoms with Crippen LogP contribution in [0.2, 0.25) is 0 Å². The summed E-state index contributed by atoms with van der Waals surface area (Å²) in [5.74, 6) is 1.73. The van der Waals surface area contributed by atoms with Gasteiger partial charge in [0, 0.05) is 45.0 Å². The van der Waals surface area contributed by atoms with Crippen LogP contribution in [-0.2, 0) is 11.3 Å². The van der Waals surface area contributed by atoms with Crippen LogP contribution in [-0.4, -0.2) is 44.1 Å². The van der Waals surface area contributed by atoms with Gasteiger partial charge in [-0.15, -0.1) is 0 Å². The van der Waals surface area contributed by atoms with Gasteiger partial charge in [-0.05, 0) is 32.3 Å². The third-order valence-electron chi connectivity index (χ3n) is 4.37. The van der Waals surface area contributed by atoms with E-state index in [1.54, 1.807) is 6.20 Å². The third kappa shape index (κ3) is 3.72. The van der Waals surface area contributed by atoms with Crippen LogP contribution in [0.4, 0.5) is 5.82 Å². The van der Waals surface area contributed by atoms with Gasteiger partial charge in [0.1, 0.15) is 11.6 Å². The van der Waals surface area contributed by atoms with Gasteiger partial charge >= 0.3 is 0 Å². The number of aromatic nitrogens is 4. The summed E-state index contributed by atoms with van der Waals surface area (Å²) in [6.07, 6.45) is 7.01. The highest BCUT2D eigenvalue weighted by Crippen LogP contribution is 2.32. The summed E-state index contributed by atoms with van der Waals surface area (Å²) in [5.41, 5.74) is 0.935. The van der Waals surface area contributed by atoms with E-state index in [-0.39, 0.29) is 11.9 Å². The molecule has 7 nitrogen and oxygen atoms in total. The van der Waals surface area contributed by atoms with Crippen LogP contribution in [0.15, 0.2) is 24.5 Å². The summed E-state index contributed by atoms with van der Waals surface area (Å²) < 4.78 is 1.86. The largest absolute Gasteiger partial charge is 0.373 e. The Hall–Kier alpha value is -2.44. The quantitative estimate of drug-likeness (QED) is 0.879. The number of hydrogen-bond acceptors (Lipinski definition) is 5. The van der Waals surface area contributed by atoms with Crippen LogP contribution in [0.25, 0.3) is 0 Å². The third-order valence-corrected chi connectivity index (χ3v) is 4.37. The molecule has 1 atom stereocenters. The van der Waals surface area contributed by atoms with Gasteiger partial charge in [-0.2, -0.15) is 5.10 Å². The molecule has 0 bridgehead atoms. The Labute approximate surface area is 142 Å². The van der Waals surface area contributed by atoms with E-state index in [1.807, 2.05) is 41.9 Å². The van der Waals surface area contributed by atoms with Gasteiger partial charge in [0.25, 0.3) is 0 Å². The van der Waals surface area contributed by atoms with Crippen molar-refractivity contribution in [1.82, 2.24) is 24.6 Å². The van der Waals surface area contributed by atoms with Gasteiger partial charge in [-0.1, -0.05) is 0 Å². The molecule has 0 saturated carbocycles. The smallest absolute Gasteiger partial charge is 0.223 e. The molecule has 1 amide bonds. The lowest BCUT2D eigenvalue weighted by molar-refractivity contribution is -0.132. The van der Waals surface area contributed by atoms with Crippen molar-refractivity contribution in [3.8, 4) is 0 Å². The standard InChI is InChI=1S/C17H24N6O/c1-13-20-14(12-16(18-2)21-13)15-6-3-11-23(15)17(24)7-4-9-22-10-5-8-19-22/h5,8,10,12,15H,3-4,6-7,9,11H2,1-2H3,(H,18,20,21)/t15-/m0/s1. The van der Waals surface area contributed by atoms with Crippen molar-refractivity contribution in [1.29, 1.82) is 0 Å². The molecule has 0 aromatic carbocycles. The molecule has 0 unspecified atom stereocenters. The van der Waals surface area contributed by atoms with Gasteiger partial charge in [0.15, 0.2) is 0 Å². The predicted molar refractivity (Wildman–Crippen MR) is 91.5 cm³/mol. The van der Waals surface area contributed by atoms with Crippen LogP contribution in [0.1, 0.15) is 43.2 Å². The van der Waals surface area contributed by atoms with Crippen molar-refractivity contribution in [3.63, 3.8) is 0 Å². The molecule has 0 aliphatic carbocycles. The van der Waals surface area contributed by atoms with Gasteiger partial charge in [0.05, 0.1) is 11.7 Å². The molecule has 1 fully saturated rings. The Balaban J connectivity index is 1.64. The molecule has 0 spiro atoms. The molecule has 0 radical (unpaired) electrons. The predicted octanol–water partition coefficient (Wildman–Crippen LogP) is 2.17. The minimum atomic E-state index is 0.0657. The first-order chi connectivity index (χ1) is 11.7. The monoisotopic (exact) mass is 328 g/mol. The van der Waals surface area contributed by atoms with Crippen LogP contribution in [0, 0.1) is 6.92 Å². The zero-order valence-electron chi connectivity index (χ0n) is 14.3. The van der Waals surface area contributed by atoms with Crippen molar-refractivity contribution in [2.75, 3.05) is 18.9 Å². The van der Waals surface area contributed by atoms with Crippen LogP contribution < -0.4 is 5.32 Å². The van der Waals surface area contributed by atoms with Gasteiger partial charge in [-0.25, -0.2) is 9.97 Å². The molecular formula is C17H24N6O. The van der Waals surface area contributed by atoms with Crippen molar-refractivity contribution in [2.45, 2.75) is 45.2 Å². The number of carbonyl (C=O) groups is 1. The molecular weight excluding hydrogens is 304 g/mol. The average Bonchev–Trinajstić information content (AvgIpc) is 3.25. The van der Waals surface area contributed by atoms with E-state index in [9.17, 15) is 4.79 Å². The number of rotatable bonds is 6. The molecule has 1 N–H and O–H groups in total. The van der Waals surface area contributed by atoms with Crippen molar-refractivity contribution in [3.05, 3.63) is 36.0 Å². The Morgan fingerprint density at radius 3 is 3.04 bits per heavy atom. The van der Waals surface area contributed by atoms with E-state index in [0.717, 1.165) is 49.7 Å². The lowest BCUT2D eigenvalue weighted by Crippen LogP contribution is -2.31. The molecule has 1 saturated heterocycles. The van der Waals surface area contributed by atoms with E-state index >= 15 is 0 Å². The lowest BCUT2D eigenvalue weighted by atomic mass is 10.1. The topological polar surface area (TPSA) is 75.9 Å². The Kier molecular flexibility index (Phi) is 5.08. The minimum absolute atomic E-state index is 0.0657. The zero-order valence-corrected chi connectivity index (χ0v) is 14.3. The van der Waals surface area contributed by atoms with E-state index in [0.29, 0.717) is 6.42 Å². The zero-order chi connectivity index (χ0) is 16.9. The lowest BCUT2D eigenvalue weighted by Gasteiger charge is -2.25. The normalized spacial score (nSPS) is 17.2. The molecule has 1 aliphatic rings. The van der Waals surface area contributed by atoms with Gasteiger partial charge < -0.3 is 10.2 Å². The molecule has 3 heterocycles. The summed E-state index contributed by atoms with van der Waals surface area (Å²) in [4.78, 5) is 23.5. The summed E-state index contributed by atoms with van der Waals surface area (Å²) in [6.45, 7) is 3.46. The molecule has 7 heteroatoms.